The highest BCUT2D eigenvalue weighted by atomic mass is 16.5. The van der Waals surface area contributed by atoms with Gasteiger partial charge in [0.1, 0.15) is 5.82 Å². The van der Waals surface area contributed by atoms with Crippen LogP contribution in [0.4, 0.5) is 5.82 Å². The third-order valence-electron chi connectivity index (χ3n) is 3.90. The number of anilines is 1. The van der Waals surface area contributed by atoms with Crippen LogP contribution in [0.25, 0.3) is 0 Å². The van der Waals surface area contributed by atoms with Gasteiger partial charge in [-0.2, -0.15) is 0 Å². The second-order valence-electron chi connectivity index (χ2n) is 5.87. The topological polar surface area (TPSA) is 37.4 Å². The number of aromatic nitrogens is 1. The molecule has 1 fully saturated rings. The first-order valence-electron chi connectivity index (χ1n) is 8.26. The van der Waals surface area contributed by atoms with Crippen LogP contribution in [0.5, 0.6) is 0 Å². The summed E-state index contributed by atoms with van der Waals surface area (Å²) in [7, 11) is 2.12. The Hall–Kier alpha value is -1.13. The monoisotopic (exact) mass is 291 g/mol. The summed E-state index contributed by atoms with van der Waals surface area (Å²) < 4.78 is 5.74. The van der Waals surface area contributed by atoms with Crippen molar-refractivity contribution in [1.29, 1.82) is 0 Å². The van der Waals surface area contributed by atoms with Gasteiger partial charge in [-0.3, -0.25) is 0 Å². The van der Waals surface area contributed by atoms with E-state index in [-0.39, 0.29) is 0 Å². The minimum atomic E-state index is 0.365. The largest absolute Gasteiger partial charge is 0.376 e. The second-order valence-corrected chi connectivity index (χ2v) is 5.87. The highest BCUT2D eigenvalue weighted by Crippen LogP contribution is 2.19. The maximum absolute atomic E-state index is 5.74. The minimum absolute atomic E-state index is 0.365. The first-order chi connectivity index (χ1) is 10.2. The zero-order valence-corrected chi connectivity index (χ0v) is 13.7. The Bertz CT molecular complexity index is 430. The van der Waals surface area contributed by atoms with Crippen LogP contribution in [0.15, 0.2) is 12.1 Å². The van der Waals surface area contributed by atoms with Gasteiger partial charge in [-0.1, -0.05) is 20.3 Å². The van der Waals surface area contributed by atoms with Crippen molar-refractivity contribution in [3.8, 4) is 0 Å². The molecule has 1 aromatic heterocycles. The summed E-state index contributed by atoms with van der Waals surface area (Å²) in [5, 5.41) is 3.40. The molecule has 2 rings (SSSR count). The van der Waals surface area contributed by atoms with Gasteiger partial charge < -0.3 is 15.0 Å². The number of ether oxygens (including phenoxy) is 1. The van der Waals surface area contributed by atoms with Crippen molar-refractivity contribution in [2.45, 2.75) is 52.2 Å². The molecule has 1 aliphatic rings. The Balaban J connectivity index is 2.09. The fraction of sp³-hybridized carbons (Fsp3) is 0.706. The Labute approximate surface area is 128 Å². The maximum atomic E-state index is 5.74. The predicted octanol–water partition coefficient (Wildman–Crippen LogP) is 2.76. The molecular formula is C17H29N3O. The van der Waals surface area contributed by atoms with E-state index < -0.39 is 0 Å². The van der Waals surface area contributed by atoms with Crippen LogP contribution in [-0.2, 0) is 17.7 Å². The molecule has 1 atom stereocenters. The normalized spacial score (nSPS) is 18.1. The molecule has 1 aliphatic heterocycles. The number of rotatable bonds is 8. The lowest BCUT2D eigenvalue weighted by Gasteiger charge is -2.23. The molecule has 1 N–H and O–H groups in total. The maximum Gasteiger partial charge on any atom is 0.128 e. The zero-order chi connectivity index (χ0) is 15.1. The predicted molar refractivity (Wildman–Crippen MR) is 87.9 cm³/mol. The van der Waals surface area contributed by atoms with Crippen molar-refractivity contribution < 1.29 is 4.74 Å². The Morgan fingerprint density at radius 2 is 2.24 bits per heavy atom. The molecule has 0 aromatic carbocycles. The minimum Gasteiger partial charge on any atom is -0.376 e. The van der Waals surface area contributed by atoms with E-state index in [4.69, 9.17) is 9.72 Å². The van der Waals surface area contributed by atoms with E-state index >= 15 is 0 Å². The summed E-state index contributed by atoms with van der Waals surface area (Å²) in [6, 6.07) is 4.44. The lowest BCUT2D eigenvalue weighted by atomic mass is 10.1. The van der Waals surface area contributed by atoms with E-state index in [9.17, 15) is 0 Å². The summed E-state index contributed by atoms with van der Waals surface area (Å²) in [6.07, 6.45) is 4.90. The molecule has 0 aliphatic carbocycles. The highest BCUT2D eigenvalue weighted by molar-refractivity contribution is 5.42. The standard InChI is InChI=1S/C17H29N3O/c1-4-7-15-10-14(12-18-5-2)11-17(19-15)20(3)13-16-8-6-9-21-16/h10-11,16,18H,4-9,12-13H2,1-3H3. The summed E-state index contributed by atoms with van der Waals surface area (Å²) >= 11 is 0. The fourth-order valence-corrected chi connectivity index (χ4v) is 2.77. The first-order valence-corrected chi connectivity index (χ1v) is 8.26. The average Bonchev–Trinajstić information content (AvgIpc) is 2.98. The molecule has 1 saturated heterocycles. The van der Waals surface area contributed by atoms with Crippen LogP contribution in [0.1, 0.15) is 44.4 Å². The summed E-state index contributed by atoms with van der Waals surface area (Å²) in [6.45, 7) is 8.09. The van der Waals surface area contributed by atoms with Crippen molar-refractivity contribution in [3.05, 3.63) is 23.4 Å². The molecule has 4 heteroatoms. The van der Waals surface area contributed by atoms with Gasteiger partial charge in [-0.25, -0.2) is 4.98 Å². The summed E-state index contributed by atoms with van der Waals surface area (Å²) in [4.78, 5) is 7.06. The molecule has 21 heavy (non-hydrogen) atoms. The van der Waals surface area contributed by atoms with Crippen molar-refractivity contribution >= 4 is 5.82 Å². The van der Waals surface area contributed by atoms with E-state index in [2.05, 4.69) is 43.2 Å². The molecule has 0 amide bonds. The van der Waals surface area contributed by atoms with Gasteiger partial charge in [-0.05, 0) is 43.5 Å². The van der Waals surface area contributed by atoms with Crippen LogP contribution in [0, 0.1) is 0 Å². The van der Waals surface area contributed by atoms with Crippen molar-refractivity contribution in [3.63, 3.8) is 0 Å². The highest BCUT2D eigenvalue weighted by Gasteiger charge is 2.18. The fourth-order valence-electron chi connectivity index (χ4n) is 2.77. The van der Waals surface area contributed by atoms with Gasteiger partial charge in [0.05, 0.1) is 6.10 Å². The van der Waals surface area contributed by atoms with Gasteiger partial charge in [0.2, 0.25) is 0 Å². The van der Waals surface area contributed by atoms with E-state index in [0.717, 1.165) is 44.9 Å². The number of hydrogen-bond donors (Lipinski definition) is 1. The third kappa shape index (κ3) is 4.97. The lowest BCUT2D eigenvalue weighted by molar-refractivity contribution is 0.116. The molecule has 4 nitrogen and oxygen atoms in total. The van der Waals surface area contributed by atoms with Crippen LogP contribution in [0.2, 0.25) is 0 Å². The second kappa shape index (κ2) is 8.35. The van der Waals surface area contributed by atoms with E-state index in [0.29, 0.717) is 6.10 Å². The van der Waals surface area contributed by atoms with Crippen molar-refractivity contribution in [1.82, 2.24) is 10.3 Å². The van der Waals surface area contributed by atoms with Crippen LogP contribution < -0.4 is 10.2 Å². The first kappa shape index (κ1) is 16.2. The molecule has 0 bridgehead atoms. The molecule has 118 valence electrons. The van der Waals surface area contributed by atoms with Gasteiger partial charge in [0.25, 0.3) is 0 Å². The molecule has 1 aromatic rings. The molecular weight excluding hydrogens is 262 g/mol. The summed E-state index contributed by atoms with van der Waals surface area (Å²) in [5.74, 6) is 1.07. The van der Waals surface area contributed by atoms with Gasteiger partial charge in [0.15, 0.2) is 0 Å². The van der Waals surface area contributed by atoms with E-state index in [1.165, 1.54) is 24.1 Å². The smallest absolute Gasteiger partial charge is 0.128 e. The number of hydrogen-bond acceptors (Lipinski definition) is 4. The SMILES string of the molecule is CCCc1cc(CNCC)cc(N(C)CC2CCCO2)n1. The van der Waals surface area contributed by atoms with Crippen molar-refractivity contribution in [2.24, 2.45) is 0 Å². The molecule has 2 heterocycles. The lowest BCUT2D eigenvalue weighted by Crippen LogP contribution is -2.29. The Kier molecular flexibility index (Phi) is 6.46. The number of nitrogens with one attached hydrogen (secondary N) is 1. The number of aryl methyl sites for hydroxylation is 1. The Morgan fingerprint density at radius 1 is 1.38 bits per heavy atom. The number of nitrogens with zero attached hydrogens (tertiary/aromatic N) is 2. The molecule has 0 saturated carbocycles. The van der Waals surface area contributed by atoms with Gasteiger partial charge in [-0.15, -0.1) is 0 Å². The average molecular weight is 291 g/mol. The zero-order valence-electron chi connectivity index (χ0n) is 13.7. The molecule has 1 unspecified atom stereocenters. The van der Waals surface area contributed by atoms with Gasteiger partial charge in [0, 0.05) is 32.4 Å². The van der Waals surface area contributed by atoms with Crippen molar-refractivity contribution in [2.75, 3.05) is 31.6 Å². The van der Waals surface area contributed by atoms with E-state index in [1.807, 2.05) is 0 Å². The van der Waals surface area contributed by atoms with Crippen LogP contribution in [0.3, 0.4) is 0 Å². The van der Waals surface area contributed by atoms with E-state index in [1.54, 1.807) is 0 Å². The van der Waals surface area contributed by atoms with Crippen LogP contribution in [-0.4, -0.2) is 37.8 Å². The van der Waals surface area contributed by atoms with Crippen LogP contribution >= 0.6 is 0 Å². The summed E-state index contributed by atoms with van der Waals surface area (Å²) in [5.41, 5.74) is 2.52. The number of pyridine rings is 1. The third-order valence-corrected chi connectivity index (χ3v) is 3.90. The Morgan fingerprint density at radius 3 is 2.90 bits per heavy atom. The molecule has 0 radical (unpaired) electrons. The quantitative estimate of drug-likeness (QED) is 0.799. The van der Waals surface area contributed by atoms with Gasteiger partial charge >= 0.3 is 0 Å². The number of likely N-dealkylation sites (N-methyl/N-ethyl adjacent to an activating group) is 1. The molecule has 0 spiro atoms.